The van der Waals surface area contributed by atoms with Crippen LogP contribution in [0.4, 0.5) is 0 Å². The second-order valence-corrected chi connectivity index (χ2v) is 6.09. The second kappa shape index (κ2) is 6.60. The fourth-order valence-electron chi connectivity index (χ4n) is 1.29. The first kappa shape index (κ1) is 13.1. The van der Waals surface area contributed by atoms with E-state index >= 15 is 0 Å². The van der Waals surface area contributed by atoms with Gasteiger partial charge in [-0.3, -0.25) is 4.98 Å². The number of aromatic nitrogens is 1. The number of pyridine rings is 1. The van der Waals surface area contributed by atoms with Gasteiger partial charge in [-0.2, -0.15) is 0 Å². The zero-order valence-corrected chi connectivity index (χ0v) is 10.3. The van der Waals surface area contributed by atoms with Gasteiger partial charge in [0.2, 0.25) is 0 Å². The summed E-state index contributed by atoms with van der Waals surface area (Å²) in [6.45, 7) is 3.16. The molecule has 5 heteroatoms. The Morgan fingerprint density at radius 1 is 1.31 bits per heavy atom. The summed E-state index contributed by atoms with van der Waals surface area (Å²) in [6.07, 6.45) is 4.17. The predicted octanol–water partition coefficient (Wildman–Crippen LogP) is 0.996. The maximum Gasteiger partial charge on any atom is 0.150 e. The Morgan fingerprint density at radius 2 is 2.00 bits per heavy atom. The van der Waals surface area contributed by atoms with E-state index in [1.54, 1.807) is 19.3 Å². The maximum absolute atomic E-state index is 11.2. The third-order valence-electron chi connectivity index (χ3n) is 2.33. The van der Waals surface area contributed by atoms with Gasteiger partial charge in [0.05, 0.1) is 5.75 Å². The van der Waals surface area contributed by atoms with Crippen LogP contribution in [0.2, 0.25) is 0 Å². The van der Waals surface area contributed by atoms with Crippen molar-refractivity contribution in [1.82, 2.24) is 10.3 Å². The van der Waals surface area contributed by atoms with Crippen molar-refractivity contribution in [3.8, 4) is 0 Å². The topological polar surface area (TPSA) is 59.1 Å². The van der Waals surface area contributed by atoms with E-state index in [1.165, 1.54) is 0 Å². The fraction of sp³-hybridized carbons (Fsp3) is 0.545. The fourth-order valence-corrected chi connectivity index (χ4v) is 2.17. The molecule has 0 atom stereocenters. The number of hydrogen-bond acceptors (Lipinski definition) is 4. The highest BCUT2D eigenvalue weighted by atomic mass is 32.2. The highest BCUT2D eigenvalue weighted by Crippen LogP contribution is 1.96. The average Bonchev–Trinajstić information content (AvgIpc) is 2.30. The van der Waals surface area contributed by atoms with E-state index in [4.69, 9.17) is 0 Å². The van der Waals surface area contributed by atoms with Crippen LogP contribution in [-0.4, -0.2) is 31.5 Å². The van der Waals surface area contributed by atoms with Crippen LogP contribution in [0.3, 0.4) is 0 Å². The molecule has 0 saturated heterocycles. The average molecular weight is 242 g/mol. The molecule has 1 heterocycles. The molecule has 0 amide bonds. The smallest absolute Gasteiger partial charge is 0.150 e. The van der Waals surface area contributed by atoms with E-state index in [2.05, 4.69) is 10.3 Å². The second-order valence-electron chi connectivity index (χ2n) is 3.62. The maximum atomic E-state index is 11.2. The molecule has 16 heavy (non-hydrogen) atoms. The molecule has 1 rings (SSSR count). The molecule has 0 radical (unpaired) electrons. The zero-order chi connectivity index (χ0) is 11.9. The van der Waals surface area contributed by atoms with Crippen LogP contribution in [0, 0.1) is 0 Å². The van der Waals surface area contributed by atoms with Gasteiger partial charge in [0.15, 0.2) is 0 Å². The summed E-state index contributed by atoms with van der Waals surface area (Å²) in [5, 5.41) is 3.21. The molecule has 1 N–H and O–H groups in total. The van der Waals surface area contributed by atoms with Crippen molar-refractivity contribution in [2.45, 2.75) is 19.9 Å². The normalized spacial score (nSPS) is 11.6. The van der Waals surface area contributed by atoms with Crippen molar-refractivity contribution in [2.75, 3.05) is 18.1 Å². The predicted molar refractivity (Wildman–Crippen MR) is 64.9 cm³/mol. The van der Waals surface area contributed by atoms with Crippen LogP contribution < -0.4 is 5.32 Å². The Morgan fingerprint density at radius 3 is 2.62 bits per heavy atom. The summed E-state index contributed by atoms with van der Waals surface area (Å²) in [5.74, 6) is 0.504. The Labute approximate surface area is 97.0 Å². The molecule has 4 nitrogen and oxygen atoms in total. The minimum Gasteiger partial charge on any atom is -0.313 e. The van der Waals surface area contributed by atoms with Crippen molar-refractivity contribution in [3.05, 3.63) is 30.1 Å². The molecule has 0 fully saturated rings. The molecule has 1 aromatic heterocycles. The van der Waals surface area contributed by atoms with E-state index in [1.807, 2.05) is 12.1 Å². The molecule has 0 saturated carbocycles. The molecule has 0 bridgehead atoms. The van der Waals surface area contributed by atoms with Gasteiger partial charge < -0.3 is 5.32 Å². The molecule has 0 aromatic carbocycles. The van der Waals surface area contributed by atoms with Crippen LogP contribution in [0.15, 0.2) is 24.5 Å². The quantitative estimate of drug-likeness (QED) is 0.725. The summed E-state index contributed by atoms with van der Waals surface area (Å²) >= 11 is 0. The van der Waals surface area contributed by atoms with Crippen LogP contribution in [-0.2, 0) is 16.4 Å². The molecule has 0 aliphatic heterocycles. The summed E-state index contributed by atoms with van der Waals surface area (Å²) in [7, 11) is -2.81. The van der Waals surface area contributed by atoms with Gasteiger partial charge in [-0.05, 0) is 30.7 Å². The number of hydrogen-bond donors (Lipinski definition) is 1. The van der Waals surface area contributed by atoms with Gasteiger partial charge in [0.25, 0.3) is 0 Å². The highest BCUT2D eigenvalue weighted by molar-refractivity contribution is 7.91. The third-order valence-corrected chi connectivity index (χ3v) is 4.12. The van der Waals surface area contributed by atoms with Gasteiger partial charge in [-0.1, -0.05) is 6.92 Å². The van der Waals surface area contributed by atoms with E-state index < -0.39 is 9.84 Å². The molecular formula is C11H18N2O2S. The number of nitrogens with zero attached hydrogens (tertiary/aromatic N) is 1. The Balaban J connectivity index is 2.14. The van der Waals surface area contributed by atoms with Gasteiger partial charge >= 0.3 is 0 Å². The van der Waals surface area contributed by atoms with Crippen molar-refractivity contribution in [1.29, 1.82) is 0 Å². The third kappa shape index (κ3) is 5.23. The molecule has 0 aliphatic carbocycles. The first-order valence-corrected chi connectivity index (χ1v) is 7.26. The molecule has 0 aliphatic rings. The van der Waals surface area contributed by atoms with Crippen LogP contribution in [0.1, 0.15) is 18.9 Å². The number of sulfone groups is 1. The van der Waals surface area contributed by atoms with Crippen molar-refractivity contribution in [2.24, 2.45) is 0 Å². The summed E-state index contributed by atoms with van der Waals surface area (Å²) in [5.41, 5.74) is 1.16. The molecule has 0 unspecified atom stereocenters. The van der Waals surface area contributed by atoms with E-state index in [0.717, 1.165) is 18.7 Å². The van der Waals surface area contributed by atoms with Gasteiger partial charge in [0, 0.05) is 24.7 Å². The molecular weight excluding hydrogens is 224 g/mol. The minimum absolute atomic E-state index is 0.233. The highest BCUT2D eigenvalue weighted by Gasteiger charge is 2.05. The SMILES string of the molecule is CCS(=O)(=O)CCCNCc1ccncc1. The largest absolute Gasteiger partial charge is 0.313 e. The zero-order valence-electron chi connectivity index (χ0n) is 9.52. The summed E-state index contributed by atoms with van der Waals surface area (Å²) in [4.78, 5) is 3.93. The van der Waals surface area contributed by atoms with Gasteiger partial charge in [0.1, 0.15) is 9.84 Å². The summed E-state index contributed by atoms with van der Waals surface area (Å²) < 4.78 is 22.4. The Hall–Kier alpha value is -0.940. The minimum atomic E-state index is -2.81. The van der Waals surface area contributed by atoms with Crippen molar-refractivity contribution < 1.29 is 8.42 Å². The lowest BCUT2D eigenvalue weighted by Crippen LogP contribution is -2.18. The number of rotatable bonds is 7. The van der Waals surface area contributed by atoms with E-state index in [-0.39, 0.29) is 11.5 Å². The number of nitrogens with one attached hydrogen (secondary N) is 1. The Bertz CT molecular complexity index is 390. The summed E-state index contributed by atoms with van der Waals surface area (Å²) in [6, 6.07) is 3.88. The monoisotopic (exact) mass is 242 g/mol. The van der Waals surface area contributed by atoms with Crippen LogP contribution >= 0.6 is 0 Å². The van der Waals surface area contributed by atoms with E-state index in [0.29, 0.717) is 6.42 Å². The van der Waals surface area contributed by atoms with Crippen LogP contribution in [0.5, 0.6) is 0 Å². The van der Waals surface area contributed by atoms with Gasteiger partial charge in [-0.15, -0.1) is 0 Å². The van der Waals surface area contributed by atoms with Crippen LogP contribution in [0.25, 0.3) is 0 Å². The van der Waals surface area contributed by atoms with Gasteiger partial charge in [-0.25, -0.2) is 8.42 Å². The molecule has 1 aromatic rings. The molecule has 0 spiro atoms. The first-order valence-electron chi connectivity index (χ1n) is 5.44. The van der Waals surface area contributed by atoms with Crippen molar-refractivity contribution in [3.63, 3.8) is 0 Å². The lowest BCUT2D eigenvalue weighted by Gasteiger charge is -2.04. The van der Waals surface area contributed by atoms with E-state index in [9.17, 15) is 8.42 Å². The lowest BCUT2D eigenvalue weighted by atomic mass is 10.3. The first-order chi connectivity index (χ1) is 7.64. The van der Waals surface area contributed by atoms with Crippen molar-refractivity contribution >= 4 is 9.84 Å². The lowest BCUT2D eigenvalue weighted by molar-refractivity contribution is 0.590. The Kier molecular flexibility index (Phi) is 5.42. The molecule has 90 valence electrons. The standard InChI is InChI=1S/C11H18N2O2S/c1-2-16(14,15)9-3-6-13-10-11-4-7-12-8-5-11/h4-5,7-8,13H,2-3,6,9-10H2,1H3.